The molecule has 1 aliphatic rings. The number of fused-ring (bicyclic) bond motifs is 1. The third-order valence-corrected chi connectivity index (χ3v) is 4.08. The highest BCUT2D eigenvalue weighted by molar-refractivity contribution is 6.18. The van der Waals surface area contributed by atoms with E-state index < -0.39 is 0 Å². The van der Waals surface area contributed by atoms with Crippen molar-refractivity contribution in [1.82, 2.24) is 9.88 Å². The predicted molar refractivity (Wildman–Crippen MR) is 75.8 cm³/mol. The second kappa shape index (κ2) is 5.25. The molecule has 1 atom stereocenters. The van der Waals surface area contributed by atoms with Gasteiger partial charge in [0, 0.05) is 30.6 Å². The topological polar surface area (TPSA) is 16.1 Å². The van der Waals surface area contributed by atoms with Gasteiger partial charge in [0.25, 0.3) is 0 Å². The van der Waals surface area contributed by atoms with Crippen LogP contribution in [0.15, 0.2) is 36.5 Å². The Bertz CT molecular complexity index is 541. The number of rotatable bonds is 3. The van der Waals surface area contributed by atoms with Gasteiger partial charge in [0.1, 0.15) is 0 Å². The first kappa shape index (κ1) is 11.9. The van der Waals surface area contributed by atoms with Crippen LogP contribution in [0.1, 0.15) is 12.0 Å². The monoisotopic (exact) mass is 260 g/mol. The van der Waals surface area contributed by atoms with E-state index in [0.717, 1.165) is 31.0 Å². The van der Waals surface area contributed by atoms with Gasteiger partial charge in [-0.1, -0.05) is 18.2 Å². The molecule has 1 unspecified atom stereocenters. The van der Waals surface area contributed by atoms with Gasteiger partial charge in [0.15, 0.2) is 0 Å². The zero-order valence-corrected chi connectivity index (χ0v) is 11.1. The van der Waals surface area contributed by atoms with Crippen molar-refractivity contribution in [3.05, 3.63) is 42.1 Å². The Morgan fingerprint density at radius 1 is 1.33 bits per heavy atom. The molecular formula is C15H17ClN2. The quantitative estimate of drug-likeness (QED) is 0.788. The van der Waals surface area contributed by atoms with Crippen molar-refractivity contribution >= 4 is 22.5 Å². The van der Waals surface area contributed by atoms with Crippen LogP contribution in [0, 0.1) is 5.92 Å². The summed E-state index contributed by atoms with van der Waals surface area (Å²) in [6.07, 6.45) is 3.22. The first-order valence-electron chi connectivity index (χ1n) is 6.47. The molecule has 2 aromatic rings. The molecule has 1 aromatic heterocycles. The Kier molecular flexibility index (Phi) is 3.48. The molecule has 18 heavy (non-hydrogen) atoms. The number of para-hydroxylation sites is 1. The molecule has 0 spiro atoms. The minimum absolute atomic E-state index is 0.667. The second-order valence-electron chi connectivity index (χ2n) is 5.08. The summed E-state index contributed by atoms with van der Waals surface area (Å²) < 4.78 is 0. The lowest BCUT2D eigenvalue weighted by atomic mass is 10.1. The fourth-order valence-corrected chi connectivity index (χ4v) is 2.90. The molecule has 0 amide bonds. The van der Waals surface area contributed by atoms with E-state index in [0.29, 0.717) is 5.92 Å². The first-order chi connectivity index (χ1) is 8.85. The van der Waals surface area contributed by atoms with Gasteiger partial charge in [-0.25, -0.2) is 0 Å². The number of nitrogens with zero attached hydrogens (tertiary/aromatic N) is 2. The Balaban J connectivity index is 1.75. The van der Waals surface area contributed by atoms with Crippen molar-refractivity contribution in [1.29, 1.82) is 0 Å². The highest BCUT2D eigenvalue weighted by atomic mass is 35.5. The molecule has 2 heterocycles. The Morgan fingerprint density at radius 2 is 2.22 bits per heavy atom. The molecular weight excluding hydrogens is 244 g/mol. The van der Waals surface area contributed by atoms with E-state index in [2.05, 4.69) is 34.1 Å². The lowest BCUT2D eigenvalue weighted by Crippen LogP contribution is -2.20. The summed E-state index contributed by atoms with van der Waals surface area (Å²) in [5, 5.41) is 1.23. The average molecular weight is 261 g/mol. The van der Waals surface area contributed by atoms with Gasteiger partial charge in [-0.05, 0) is 36.6 Å². The zero-order chi connectivity index (χ0) is 12.4. The van der Waals surface area contributed by atoms with Crippen molar-refractivity contribution in [3.8, 4) is 0 Å². The molecule has 1 fully saturated rings. The van der Waals surface area contributed by atoms with Crippen molar-refractivity contribution in [2.45, 2.75) is 13.0 Å². The molecule has 0 aliphatic carbocycles. The Labute approximate surface area is 113 Å². The standard InChI is InChI=1S/C15H17ClN2/c16-8-12-5-6-18(10-12)11-13-7-14-3-1-2-4-15(14)17-9-13/h1-4,7,9,12H,5-6,8,10-11H2. The van der Waals surface area contributed by atoms with Crippen LogP contribution < -0.4 is 0 Å². The van der Waals surface area contributed by atoms with Crippen LogP contribution in [0.2, 0.25) is 0 Å². The summed E-state index contributed by atoms with van der Waals surface area (Å²) in [5.41, 5.74) is 2.37. The van der Waals surface area contributed by atoms with Gasteiger partial charge in [-0.15, -0.1) is 11.6 Å². The fraction of sp³-hybridized carbons (Fsp3) is 0.400. The van der Waals surface area contributed by atoms with Crippen molar-refractivity contribution in [3.63, 3.8) is 0 Å². The van der Waals surface area contributed by atoms with Crippen LogP contribution in [0.3, 0.4) is 0 Å². The van der Waals surface area contributed by atoms with E-state index in [4.69, 9.17) is 11.6 Å². The van der Waals surface area contributed by atoms with E-state index >= 15 is 0 Å². The predicted octanol–water partition coefficient (Wildman–Crippen LogP) is 3.30. The molecule has 3 rings (SSSR count). The number of halogens is 1. The summed E-state index contributed by atoms with van der Waals surface area (Å²) in [5.74, 6) is 1.45. The Morgan fingerprint density at radius 3 is 3.06 bits per heavy atom. The highest BCUT2D eigenvalue weighted by Gasteiger charge is 2.21. The van der Waals surface area contributed by atoms with Gasteiger partial charge >= 0.3 is 0 Å². The number of aromatic nitrogens is 1. The lowest BCUT2D eigenvalue weighted by Gasteiger charge is -2.15. The van der Waals surface area contributed by atoms with Gasteiger partial charge in [0.05, 0.1) is 5.52 Å². The minimum atomic E-state index is 0.667. The van der Waals surface area contributed by atoms with Crippen LogP contribution in [-0.2, 0) is 6.54 Å². The van der Waals surface area contributed by atoms with E-state index in [-0.39, 0.29) is 0 Å². The second-order valence-corrected chi connectivity index (χ2v) is 5.39. The SMILES string of the molecule is ClCC1CCN(Cc2cnc3ccccc3c2)C1. The van der Waals surface area contributed by atoms with Crippen molar-refractivity contribution < 1.29 is 0 Å². The van der Waals surface area contributed by atoms with Crippen LogP contribution in [0.5, 0.6) is 0 Å². The van der Waals surface area contributed by atoms with E-state index in [1.807, 2.05) is 12.3 Å². The number of likely N-dealkylation sites (tertiary alicyclic amines) is 1. The number of hydrogen-bond donors (Lipinski definition) is 0. The first-order valence-corrected chi connectivity index (χ1v) is 7.00. The normalized spacial score (nSPS) is 20.6. The maximum Gasteiger partial charge on any atom is 0.0702 e. The Hall–Kier alpha value is -1.12. The number of hydrogen-bond acceptors (Lipinski definition) is 2. The van der Waals surface area contributed by atoms with Crippen molar-refractivity contribution in [2.24, 2.45) is 5.92 Å². The lowest BCUT2D eigenvalue weighted by molar-refractivity contribution is 0.320. The molecule has 1 aromatic carbocycles. The van der Waals surface area contributed by atoms with Crippen LogP contribution in [-0.4, -0.2) is 28.9 Å². The molecule has 2 nitrogen and oxygen atoms in total. The fourth-order valence-electron chi connectivity index (χ4n) is 2.64. The summed E-state index contributed by atoms with van der Waals surface area (Å²) in [6.45, 7) is 3.27. The number of benzene rings is 1. The smallest absolute Gasteiger partial charge is 0.0702 e. The third-order valence-electron chi connectivity index (χ3n) is 3.64. The molecule has 0 N–H and O–H groups in total. The molecule has 0 radical (unpaired) electrons. The molecule has 0 bridgehead atoms. The summed E-state index contributed by atoms with van der Waals surface area (Å²) in [6, 6.07) is 10.5. The molecule has 1 aliphatic heterocycles. The maximum absolute atomic E-state index is 5.92. The molecule has 3 heteroatoms. The summed E-state index contributed by atoms with van der Waals surface area (Å²) >= 11 is 5.92. The third kappa shape index (κ3) is 2.50. The van der Waals surface area contributed by atoms with E-state index in [1.54, 1.807) is 0 Å². The zero-order valence-electron chi connectivity index (χ0n) is 10.3. The van der Waals surface area contributed by atoms with Gasteiger partial charge in [0.2, 0.25) is 0 Å². The van der Waals surface area contributed by atoms with Crippen LogP contribution in [0.25, 0.3) is 10.9 Å². The molecule has 1 saturated heterocycles. The van der Waals surface area contributed by atoms with Crippen molar-refractivity contribution in [2.75, 3.05) is 19.0 Å². The van der Waals surface area contributed by atoms with Crippen LogP contribution in [0.4, 0.5) is 0 Å². The number of pyridine rings is 1. The van der Waals surface area contributed by atoms with E-state index in [1.165, 1.54) is 17.4 Å². The average Bonchev–Trinajstić information content (AvgIpc) is 2.86. The molecule has 0 saturated carbocycles. The van der Waals surface area contributed by atoms with Crippen LogP contribution >= 0.6 is 11.6 Å². The molecule has 94 valence electrons. The maximum atomic E-state index is 5.92. The largest absolute Gasteiger partial charge is 0.299 e. The van der Waals surface area contributed by atoms with Gasteiger partial charge in [-0.2, -0.15) is 0 Å². The van der Waals surface area contributed by atoms with E-state index in [9.17, 15) is 0 Å². The highest BCUT2D eigenvalue weighted by Crippen LogP contribution is 2.20. The summed E-state index contributed by atoms with van der Waals surface area (Å²) in [4.78, 5) is 6.98. The minimum Gasteiger partial charge on any atom is -0.299 e. The van der Waals surface area contributed by atoms with Gasteiger partial charge in [-0.3, -0.25) is 9.88 Å². The summed E-state index contributed by atoms with van der Waals surface area (Å²) in [7, 11) is 0. The van der Waals surface area contributed by atoms with Gasteiger partial charge < -0.3 is 0 Å². The number of alkyl halides is 1.